The Bertz CT molecular complexity index is 466. The molecule has 0 atom stereocenters. The van der Waals surface area contributed by atoms with Gasteiger partial charge in [0.05, 0.1) is 20.8 Å². The molecule has 110 valence electrons. The Morgan fingerprint density at radius 1 is 1.55 bits per heavy atom. The van der Waals surface area contributed by atoms with Crippen molar-refractivity contribution in [3.05, 3.63) is 35.8 Å². The Morgan fingerprint density at radius 2 is 2.25 bits per heavy atom. The monoisotopic (exact) mass is 280 g/mol. The van der Waals surface area contributed by atoms with Crippen LogP contribution in [-0.2, 0) is 19.1 Å². The number of likely N-dealkylation sites (N-methyl/N-ethyl adjacent to an activating group) is 1. The molecule has 6 nitrogen and oxygen atoms in total. The first kappa shape index (κ1) is 16.0. The Balaban J connectivity index is 2.69. The van der Waals surface area contributed by atoms with Gasteiger partial charge in [0.25, 0.3) is 11.8 Å². The lowest BCUT2D eigenvalue weighted by Gasteiger charge is -2.13. The van der Waals surface area contributed by atoms with E-state index >= 15 is 0 Å². The molecule has 0 bridgehead atoms. The largest absolute Gasteiger partial charge is 0.501 e. The minimum atomic E-state index is -0.424. The van der Waals surface area contributed by atoms with Crippen molar-refractivity contribution in [2.24, 2.45) is 0 Å². The average molecular weight is 280 g/mol. The van der Waals surface area contributed by atoms with Crippen molar-refractivity contribution >= 4 is 11.8 Å². The zero-order valence-corrected chi connectivity index (χ0v) is 12.1. The lowest BCUT2D eigenvalue weighted by Crippen LogP contribution is -2.32. The Morgan fingerprint density at radius 3 is 2.75 bits per heavy atom. The quantitative estimate of drug-likeness (QED) is 0.420. The normalized spacial score (nSPS) is 15.2. The van der Waals surface area contributed by atoms with Crippen molar-refractivity contribution in [2.45, 2.75) is 6.42 Å². The summed E-state index contributed by atoms with van der Waals surface area (Å²) in [5, 5.41) is 2.97. The fourth-order valence-corrected chi connectivity index (χ4v) is 1.76. The van der Waals surface area contributed by atoms with E-state index < -0.39 is 5.91 Å². The summed E-state index contributed by atoms with van der Waals surface area (Å²) in [6, 6.07) is 0. The number of nitrogens with one attached hydrogen (secondary N) is 1. The second-order valence-electron chi connectivity index (χ2n) is 4.35. The van der Waals surface area contributed by atoms with Crippen LogP contribution in [0.3, 0.4) is 0 Å². The maximum atomic E-state index is 12.0. The number of carbonyl (C=O) groups excluding carboxylic acids is 2. The van der Waals surface area contributed by atoms with Crippen LogP contribution in [0.2, 0.25) is 0 Å². The number of methoxy groups -OCH3 is 2. The molecule has 0 saturated heterocycles. The van der Waals surface area contributed by atoms with Gasteiger partial charge in [-0.3, -0.25) is 14.5 Å². The van der Waals surface area contributed by atoms with E-state index in [1.54, 1.807) is 0 Å². The van der Waals surface area contributed by atoms with Crippen molar-refractivity contribution in [2.75, 3.05) is 34.4 Å². The summed E-state index contributed by atoms with van der Waals surface area (Å²) in [6.07, 6.45) is 3.05. The number of hydrogen-bond acceptors (Lipinski definition) is 5. The lowest BCUT2D eigenvalue weighted by atomic mass is 10.2. The van der Waals surface area contributed by atoms with Crippen molar-refractivity contribution in [1.82, 2.24) is 10.2 Å². The van der Waals surface area contributed by atoms with Gasteiger partial charge in [-0.1, -0.05) is 12.2 Å². The molecule has 1 aliphatic rings. The van der Waals surface area contributed by atoms with E-state index in [1.165, 1.54) is 26.4 Å². The van der Waals surface area contributed by atoms with Gasteiger partial charge in [-0.05, 0) is 7.05 Å². The van der Waals surface area contributed by atoms with E-state index in [4.69, 9.17) is 9.47 Å². The minimum absolute atomic E-state index is 0.152. The highest BCUT2D eigenvalue weighted by Gasteiger charge is 2.27. The summed E-state index contributed by atoms with van der Waals surface area (Å²) in [5.74, 6) is 0.129. The van der Waals surface area contributed by atoms with E-state index in [1.807, 2.05) is 7.05 Å². The molecule has 1 N–H and O–H groups in total. The van der Waals surface area contributed by atoms with Crippen LogP contribution in [-0.4, -0.2) is 51.1 Å². The predicted molar refractivity (Wildman–Crippen MR) is 74.6 cm³/mol. The molecule has 0 aromatic rings. The number of carbonyl (C=O) groups is 2. The molecule has 0 spiro atoms. The van der Waals surface area contributed by atoms with Gasteiger partial charge in [0.15, 0.2) is 0 Å². The Kier molecular flexibility index (Phi) is 5.99. The van der Waals surface area contributed by atoms with Crippen molar-refractivity contribution < 1.29 is 19.1 Å². The molecular weight excluding hydrogens is 260 g/mol. The molecule has 2 amide bonds. The summed E-state index contributed by atoms with van der Waals surface area (Å²) in [4.78, 5) is 24.8. The third-order valence-electron chi connectivity index (χ3n) is 2.79. The van der Waals surface area contributed by atoms with Crippen LogP contribution in [0.4, 0.5) is 0 Å². The van der Waals surface area contributed by atoms with Gasteiger partial charge < -0.3 is 14.8 Å². The zero-order valence-electron chi connectivity index (χ0n) is 12.1. The average Bonchev–Trinajstić information content (AvgIpc) is 2.79. The van der Waals surface area contributed by atoms with Gasteiger partial charge in [-0.15, -0.1) is 0 Å². The molecule has 0 aromatic carbocycles. The molecule has 0 aliphatic carbocycles. The third kappa shape index (κ3) is 4.24. The number of hydrogen-bond donors (Lipinski definition) is 1. The molecule has 6 heteroatoms. The maximum absolute atomic E-state index is 12.0. The van der Waals surface area contributed by atoms with Gasteiger partial charge in [0.2, 0.25) is 0 Å². The smallest absolute Gasteiger partial charge is 0.257 e. The first-order valence-corrected chi connectivity index (χ1v) is 6.17. The first-order chi connectivity index (χ1) is 9.51. The number of rotatable bonds is 7. The van der Waals surface area contributed by atoms with Gasteiger partial charge in [-0.25, -0.2) is 0 Å². The highest BCUT2D eigenvalue weighted by Crippen LogP contribution is 2.14. The Labute approximate surface area is 118 Å². The van der Waals surface area contributed by atoms with Crippen molar-refractivity contribution in [3.63, 3.8) is 0 Å². The first-order valence-electron chi connectivity index (χ1n) is 6.17. The van der Waals surface area contributed by atoms with E-state index in [0.717, 1.165) is 10.5 Å². The Hall–Kier alpha value is -2.08. The summed E-state index contributed by atoms with van der Waals surface area (Å²) >= 11 is 0. The van der Waals surface area contributed by atoms with Crippen molar-refractivity contribution in [3.8, 4) is 0 Å². The third-order valence-corrected chi connectivity index (χ3v) is 2.79. The zero-order chi connectivity index (χ0) is 15.1. The molecule has 0 fully saturated rings. The molecule has 0 aromatic heterocycles. The predicted octanol–water partition coefficient (Wildman–Crippen LogP) is 0.581. The molecule has 1 rings (SSSR count). The van der Waals surface area contributed by atoms with E-state index in [0.29, 0.717) is 24.5 Å². The summed E-state index contributed by atoms with van der Waals surface area (Å²) in [6.45, 7) is 4.66. The topological polar surface area (TPSA) is 67.9 Å². The molecule has 1 heterocycles. The highest BCUT2D eigenvalue weighted by atomic mass is 16.5. The van der Waals surface area contributed by atoms with Crippen LogP contribution in [0.1, 0.15) is 6.42 Å². The molecule has 20 heavy (non-hydrogen) atoms. The second-order valence-corrected chi connectivity index (χ2v) is 4.35. The fourth-order valence-electron chi connectivity index (χ4n) is 1.76. The summed E-state index contributed by atoms with van der Waals surface area (Å²) < 4.78 is 10.1. The van der Waals surface area contributed by atoms with E-state index in [-0.39, 0.29) is 12.5 Å². The van der Waals surface area contributed by atoms with Gasteiger partial charge in [-0.2, -0.15) is 0 Å². The van der Waals surface area contributed by atoms with E-state index in [2.05, 4.69) is 11.9 Å². The highest BCUT2D eigenvalue weighted by molar-refractivity contribution is 6.07. The van der Waals surface area contributed by atoms with Crippen LogP contribution < -0.4 is 5.32 Å². The summed E-state index contributed by atoms with van der Waals surface area (Å²) in [5.41, 5.74) is 0.886. The molecule has 0 saturated carbocycles. The number of allylic oxidation sites excluding steroid dienone is 1. The number of ether oxygens (including phenoxy) is 2. The number of nitrogens with zero attached hydrogens (tertiary/aromatic N) is 1. The van der Waals surface area contributed by atoms with Crippen molar-refractivity contribution in [1.29, 1.82) is 0 Å². The fraction of sp³-hybridized carbons (Fsp3) is 0.429. The van der Waals surface area contributed by atoms with Crippen LogP contribution in [0.15, 0.2) is 35.8 Å². The molecular formula is C14H20N2O4. The summed E-state index contributed by atoms with van der Waals surface area (Å²) in [7, 11) is 4.76. The van der Waals surface area contributed by atoms with Gasteiger partial charge in [0.1, 0.15) is 11.5 Å². The molecule has 0 unspecified atom stereocenters. The van der Waals surface area contributed by atoms with Gasteiger partial charge >= 0.3 is 0 Å². The van der Waals surface area contributed by atoms with Crippen LogP contribution in [0, 0.1) is 0 Å². The lowest BCUT2D eigenvalue weighted by molar-refractivity contribution is -0.137. The number of amides is 2. The second kappa shape index (κ2) is 7.49. The van der Waals surface area contributed by atoms with Crippen LogP contribution >= 0.6 is 0 Å². The standard InChI is InChI=1S/C14H20N2O4/c1-10(8-15-2)5-11(19-3)6-13(17)16-9-12(20-4)7-14(16)18/h6-7,15H,1,5,8-9H2,2-4H3. The SMILES string of the molecule is C=C(CNC)CC(=CC(=O)N1CC(OC)=CC1=O)OC. The van der Waals surface area contributed by atoms with Gasteiger partial charge in [0, 0.05) is 25.1 Å². The van der Waals surface area contributed by atoms with Crippen LogP contribution in [0.25, 0.3) is 0 Å². The van der Waals surface area contributed by atoms with Crippen LogP contribution in [0.5, 0.6) is 0 Å². The molecule has 1 aliphatic heterocycles. The molecule has 0 radical (unpaired) electrons. The maximum Gasteiger partial charge on any atom is 0.257 e. The number of imide groups is 1. The van der Waals surface area contributed by atoms with E-state index in [9.17, 15) is 9.59 Å². The minimum Gasteiger partial charge on any atom is -0.501 e.